The highest BCUT2D eigenvalue weighted by molar-refractivity contribution is 7.91. The van der Waals surface area contributed by atoms with E-state index in [-0.39, 0.29) is 44.6 Å². The normalized spacial score (nSPS) is 13.3. The Kier molecular flexibility index (Phi) is 10.9. The van der Waals surface area contributed by atoms with Gasteiger partial charge in [0.2, 0.25) is 5.36 Å². The van der Waals surface area contributed by atoms with Crippen LogP contribution in [-0.4, -0.2) is 86.1 Å². The van der Waals surface area contributed by atoms with Crippen molar-refractivity contribution in [3.05, 3.63) is 83.7 Å². The maximum Gasteiger partial charge on any atom is 0.397 e. The van der Waals surface area contributed by atoms with E-state index in [0.29, 0.717) is 33.2 Å². The number of methoxy groups -OCH3 is 1. The van der Waals surface area contributed by atoms with E-state index >= 15 is 0 Å². The third kappa shape index (κ3) is 8.96. The molecule has 3 aromatic carbocycles. The molecule has 20 heteroatoms. The molecule has 0 bridgehead atoms. The molecule has 3 aromatic rings. The molecular weight excluding hydrogens is 765 g/mol. The quantitative estimate of drug-likeness (QED) is 0.0758. The number of sulfone groups is 1. The molecule has 1 aliphatic heterocycles. The van der Waals surface area contributed by atoms with Crippen LogP contribution in [0.5, 0.6) is 5.75 Å². The van der Waals surface area contributed by atoms with Crippen LogP contribution in [0, 0.1) is 6.92 Å². The second-order valence-corrected chi connectivity index (χ2v) is 17.7. The fourth-order valence-corrected chi connectivity index (χ4v) is 8.51. The van der Waals surface area contributed by atoms with Gasteiger partial charge in [-0.05, 0) is 42.8 Å². The Balaban J connectivity index is 1.65. The molecule has 0 spiro atoms. The van der Waals surface area contributed by atoms with E-state index in [2.05, 4.69) is 9.50 Å². The van der Waals surface area contributed by atoms with Crippen molar-refractivity contribution in [2.24, 2.45) is 0 Å². The fourth-order valence-electron chi connectivity index (χ4n) is 5.55. The van der Waals surface area contributed by atoms with Crippen molar-refractivity contribution < 1.29 is 60.7 Å². The molecule has 278 valence electrons. The van der Waals surface area contributed by atoms with Crippen molar-refractivity contribution in [3.8, 4) is 28.2 Å². The first-order chi connectivity index (χ1) is 24.2. The van der Waals surface area contributed by atoms with Gasteiger partial charge >= 0.3 is 10.4 Å². The van der Waals surface area contributed by atoms with Crippen LogP contribution in [0.3, 0.4) is 0 Å². The molecule has 2 aliphatic rings. The van der Waals surface area contributed by atoms with Gasteiger partial charge in [-0.1, -0.05) is 18.2 Å². The van der Waals surface area contributed by atoms with Crippen LogP contribution in [0.15, 0.2) is 87.0 Å². The largest absolute Gasteiger partial charge is 0.495 e. The molecule has 0 unspecified atom stereocenters. The van der Waals surface area contributed by atoms with Gasteiger partial charge in [0.05, 0.1) is 36.1 Å². The van der Waals surface area contributed by atoms with E-state index in [1.165, 1.54) is 44.4 Å². The number of benzene rings is 4. The monoisotopic (exact) mass is 797 g/mol. The number of hydrogen-bond donors (Lipinski definition) is 4. The smallest absolute Gasteiger partial charge is 0.397 e. The van der Waals surface area contributed by atoms with Crippen molar-refractivity contribution in [1.82, 2.24) is 4.58 Å². The molecule has 0 saturated carbocycles. The van der Waals surface area contributed by atoms with Gasteiger partial charge in [0.1, 0.15) is 34.8 Å². The van der Waals surface area contributed by atoms with Crippen molar-refractivity contribution in [3.63, 3.8) is 0 Å². The van der Waals surface area contributed by atoms with Crippen molar-refractivity contribution in [2.75, 3.05) is 44.1 Å². The summed E-state index contributed by atoms with van der Waals surface area (Å²) in [5, 5.41) is 4.13. The van der Waals surface area contributed by atoms with Gasteiger partial charge in [-0.2, -0.15) is 25.3 Å². The van der Waals surface area contributed by atoms with E-state index in [1.807, 2.05) is 0 Å². The summed E-state index contributed by atoms with van der Waals surface area (Å²) in [7, 11) is -14.9. The molecule has 0 radical (unpaired) electrons. The Morgan fingerprint density at radius 3 is 2.17 bits per heavy atom. The predicted octanol–water partition coefficient (Wildman–Crippen LogP) is 3.39. The highest BCUT2D eigenvalue weighted by atomic mass is 32.3. The number of fused-ring (bicyclic) bond motifs is 2. The SMILES string of the molecule is COc1cc(S(=O)(=O)CCOS(=O)(=O)O)c(C)cc1Nc1ccc2c(-c3ccccc3S(=O)(=O)O)c3ccc(=[N+](C)CCS(=O)(=O)O)cc-3oc2c1. The van der Waals surface area contributed by atoms with Crippen LogP contribution in [0.4, 0.5) is 11.4 Å². The van der Waals surface area contributed by atoms with Crippen LogP contribution in [0.2, 0.25) is 0 Å². The van der Waals surface area contributed by atoms with E-state index in [4.69, 9.17) is 13.7 Å². The fraction of sp³-hybridized carbons (Fsp3) is 0.219. The van der Waals surface area contributed by atoms with Gasteiger partial charge in [-0.3, -0.25) is 13.7 Å². The molecule has 0 amide bonds. The number of anilines is 2. The Morgan fingerprint density at radius 1 is 0.808 bits per heavy atom. The minimum atomic E-state index is -4.84. The number of aryl methyl sites for hydroxylation is 1. The Bertz CT molecular complexity index is 2690. The first-order valence-corrected chi connectivity index (χ1v) is 21.1. The lowest BCUT2D eigenvalue weighted by atomic mass is 9.93. The summed E-state index contributed by atoms with van der Waals surface area (Å²) in [6, 6.07) is 18.5. The lowest BCUT2D eigenvalue weighted by molar-refractivity contribution is 0.284. The molecule has 1 aliphatic carbocycles. The molecule has 0 atom stereocenters. The molecule has 16 nitrogen and oxygen atoms in total. The number of hydrogen-bond acceptors (Lipinski definition) is 12. The lowest BCUT2D eigenvalue weighted by Gasteiger charge is -2.18. The highest BCUT2D eigenvalue weighted by Crippen LogP contribution is 2.43. The van der Waals surface area contributed by atoms with Gasteiger partial charge in [-0.15, -0.1) is 0 Å². The minimum Gasteiger partial charge on any atom is -0.495 e. The average Bonchev–Trinajstić information content (AvgIpc) is 3.04. The van der Waals surface area contributed by atoms with Gasteiger partial charge in [-0.25, -0.2) is 17.2 Å². The zero-order valence-electron chi connectivity index (χ0n) is 27.7. The second-order valence-electron chi connectivity index (χ2n) is 11.6. The Morgan fingerprint density at radius 2 is 1.52 bits per heavy atom. The van der Waals surface area contributed by atoms with Gasteiger partial charge in [0.15, 0.2) is 16.4 Å². The third-order valence-corrected chi connectivity index (χ3v) is 11.8. The van der Waals surface area contributed by atoms with Gasteiger partial charge < -0.3 is 14.5 Å². The third-order valence-electron chi connectivity index (χ3n) is 7.96. The minimum absolute atomic E-state index is 0.0515. The summed E-state index contributed by atoms with van der Waals surface area (Å²) in [5.41, 5.74) is 2.36. The number of nitrogens with zero attached hydrogens (tertiary/aromatic N) is 1. The molecule has 0 fully saturated rings. The summed E-state index contributed by atoms with van der Waals surface area (Å²) in [6.45, 7) is 0.661. The number of ether oxygens (including phenoxy) is 1. The molecule has 4 N–H and O–H groups in total. The molecule has 1 heterocycles. The van der Waals surface area contributed by atoms with Crippen molar-refractivity contribution in [2.45, 2.75) is 16.7 Å². The number of nitrogens with one attached hydrogen (secondary N) is 1. The summed E-state index contributed by atoms with van der Waals surface area (Å²) >= 11 is 0. The summed E-state index contributed by atoms with van der Waals surface area (Å²) < 4.78 is 141. The Hall–Kier alpha value is -4.41. The molecular formula is C32H33N2O14S4+. The van der Waals surface area contributed by atoms with Crippen LogP contribution in [0.25, 0.3) is 33.4 Å². The zero-order valence-corrected chi connectivity index (χ0v) is 30.9. The predicted molar refractivity (Wildman–Crippen MR) is 191 cm³/mol. The lowest BCUT2D eigenvalue weighted by Crippen LogP contribution is -2.30. The summed E-state index contributed by atoms with van der Waals surface area (Å²) in [5.74, 6) is -0.903. The van der Waals surface area contributed by atoms with E-state index in [0.717, 1.165) is 0 Å². The Labute approximate surface area is 299 Å². The standard InChI is InChI=1S/C32H32N2O14S4/c1-20-16-26(29(46-3)19-31(20)49(35,36)15-13-47-52(43,44)45)33-21-8-10-23-27(17-21)48-28-18-22(34(2)12-14-50(37,38)39)9-11-24(28)32(23)25-6-4-5-7-30(25)51(40,41)42/h4-11,16-19H,12-15H2,1-3H3,(H3,37,38,39,40,41,42,43,44,45)/p+1. The first kappa shape index (κ1) is 38.8. The van der Waals surface area contributed by atoms with Gasteiger partial charge in [0.25, 0.3) is 20.2 Å². The second kappa shape index (κ2) is 14.5. The molecule has 0 aromatic heterocycles. The van der Waals surface area contributed by atoms with E-state index < -0.39 is 58.6 Å². The van der Waals surface area contributed by atoms with E-state index in [1.54, 1.807) is 54.1 Å². The van der Waals surface area contributed by atoms with E-state index in [9.17, 15) is 42.8 Å². The summed E-state index contributed by atoms with van der Waals surface area (Å²) in [4.78, 5) is -0.506. The molecule has 5 rings (SSSR count). The maximum absolute atomic E-state index is 13.0. The average molecular weight is 798 g/mol. The number of rotatable bonds is 13. The molecule has 52 heavy (non-hydrogen) atoms. The van der Waals surface area contributed by atoms with Gasteiger partial charge in [0, 0.05) is 46.0 Å². The topological polar surface area (TPSA) is 244 Å². The van der Waals surface area contributed by atoms with Crippen molar-refractivity contribution >= 4 is 62.8 Å². The maximum atomic E-state index is 13.0. The van der Waals surface area contributed by atoms with Crippen molar-refractivity contribution in [1.29, 1.82) is 0 Å². The van der Waals surface area contributed by atoms with Crippen LogP contribution < -0.4 is 20.0 Å². The zero-order chi connectivity index (χ0) is 38.2. The van der Waals surface area contributed by atoms with Crippen LogP contribution >= 0.6 is 0 Å². The first-order valence-electron chi connectivity index (χ1n) is 15.0. The van der Waals surface area contributed by atoms with Crippen LogP contribution in [0.1, 0.15) is 5.56 Å². The summed E-state index contributed by atoms with van der Waals surface area (Å²) in [6.07, 6.45) is 0. The molecule has 0 saturated heterocycles. The van der Waals surface area contributed by atoms with Crippen LogP contribution in [-0.2, 0) is 44.7 Å². The highest BCUT2D eigenvalue weighted by Gasteiger charge is 2.25.